The summed E-state index contributed by atoms with van der Waals surface area (Å²) >= 11 is 0. The summed E-state index contributed by atoms with van der Waals surface area (Å²) in [7, 11) is 0. The summed E-state index contributed by atoms with van der Waals surface area (Å²) in [6, 6.07) is 0.631. The van der Waals surface area contributed by atoms with Crippen LogP contribution in [0.3, 0.4) is 0 Å². The molecule has 5 nitrogen and oxygen atoms in total. The minimum Gasteiger partial charge on any atom is -0.353 e. The van der Waals surface area contributed by atoms with Crippen LogP contribution in [0, 0.1) is 0 Å². The second-order valence-corrected chi connectivity index (χ2v) is 6.74. The molecule has 126 valence electrons. The fraction of sp³-hybridized carbons (Fsp3) is 0.882. The predicted molar refractivity (Wildman–Crippen MR) is 87.7 cm³/mol. The van der Waals surface area contributed by atoms with E-state index >= 15 is 0 Å². The summed E-state index contributed by atoms with van der Waals surface area (Å²) in [6.45, 7) is 0.566. The summed E-state index contributed by atoms with van der Waals surface area (Å²) < 4.78 is 0. The average molecular weight is 309 g/mol. The Bertz CT molecular complexity index is 314. The molecule has 0 spiro atoms. The molecule has 0 heterocycles. The van der Waals surface area contributed by atoms with Gasteiger partial charge in [-0.2, -0.15) is 0 Å². The van der Waals surface area contributed by atoms with Gasteiger partial charge in [-0.1, -0.05) is 38.5 Å². The smallest absolute Gasteiger partial charge is 0.315 e. The van der Waals surface area contributed by atoms with Gasteiger partial charge in [-0.15, -0.1) is 0 Å². The van der Waals surface area contributed by atoms with Crippen LogP contribution >= 0.6 is 0 Å². The molecule has 0 aromatic heterocycles. The van der Waals surface area contributed by atoms with Crippen LogP contribution in [-0.2, 0) is 4.79 Å². The molecule has 2 rings (SSSR count). The molecule has 3 amide bonds. The summed E-state index contributed by atoms with van der Waals surface area (Å²) in [5, 5.41) is 8.99. The van der Waals surface area contributed by atoms with E-state index in [9.17, 15) is 9.59 Å². The summed E-state index contributed by atoms with van der Waals surface area (Å²) in [5.41, 5.74) is 0. The van der Waals surface area contributed by atoms with Crippen molar-refractivity contribution in [2.24, 2.45) is 0 Å². The summed E-state index contributed by atoms with van der Waals surface area (Å²) in [5.74, 6) is 0.126. The number of rotatable bonds is 6. The first-order valence-corrected chi connectivity index (χ1v) is 9.08. The lowest BCUT2D eigenvalue weighted by Crippen LogP contribution is -2.43. The Morgan fingerprint density at radius 3 is 1.91 bits per heavy atom. The van der Waals surface area contributed by atoms with Crippen molar-refractivity contribution in [3.8, 4) is 0 Å². The van der Waals surface area contributed by atoms with Gasteiger partial charge in [-0.3, -0.25) is 4.79 Å². The monoisotopic (exact) mass is 309 g/mol. The van der Waals surface area contributed by atoms with Crippen LogP contribution in [0.25, 0.3) is 0 Å². The van der Waals surface area contributed by atoms with Gasteiger partial charge in [0.05, 0.1) is 0 Å². The van der Waals surface area contributed by atoms with Gasteiger partial charge in [0.15, 0.2) is 0 Å². The van der Waals surface area contributed by atoms with Crippen molar-refractivity contribution >= 4 is 11.9 Å². The van der Waals surface area contributed by atoms with Gasteiger partial charge < -0.3 is 16.0 Å². The topological polar surface area (TPSA) is 70.2 Å². The summed E-state index contributed by atoms with van der Waals surface area (Å²) in [6.07, 6.45) is 13.1. The number of carbonyl (C=O) groups excluding carboxylic acids is 2. The highest BCUT2D eigenvalue weighted by Crippen LogP contribution is 2.18. The van der Waals surface area contributed by atoms with Crippen molar-refractivity contribution in [2.75, 3.05) is 6.54 Å². The Balaban J connectivity index is 1.48. The van der Waals surface area contributed by atoms with Crippen molar-refractivity contribution in [1.82, 2.24) is 16.0 Å². The van der Waals surface area contributed by atoms with E-state index in [1.165, 1.54) is 38.5 Å². The molecule has 0 saturated heterocycles. The lowest BCUT2D eigenvalue weighted by Gasteiger charge is -2.23. The average Bonchev–Trinajstić information content (AvgIpc) is 2.53. The lowest BCUT2D eigenvalue weighted by molar-refractivity contribution is -0.122. The summed E-state index contributed by atoms with van der Waals surface area (Å²) in [4.78, 5) is 23.6. The van der Waals surface area contributed by atoms with Crippen LogP contribution in [0.5, 0.6) is 0 Å². The van der Waals surface area contributed by atoms with Gasteiger partial charge in [0, 0.05) is 25.0 Å². The number of nitrogens with one attached hydrogen (secondary N) is 3. The molecule has 2 aliphatic carbocycles. The van der Waals surface area contributed by atoms with E-state index in [0.717, 1.165) is 25.7 Å². The van der Waals surface area contributed by atoms with Crippen molar-refractivity contribution < 1.29 is 9.59 Å². The Kier molecular flexibility index (Phi) is 7.54. The standard InChI is InChI=1S/C17H31N3O2/c21-16(19-14-8-3-1-4-9-14)12-7-13-18-17(22)20-15-10-5-2-6-11-15/h14-15H,1-13H2,(H,19,21)(H2,18,20,22). The molecule has 2 saturated carbocycles. The van der Waals surface area contributed by atoms with E-state index < -0.39 is 0 Å². The fourth-order valence-corrected chi connectivity index (χ4v) is 3.48. The molecule has 3 N–H and O–H groups in total. The maximum absolute atomic E-state index is 11.8. The molecule has 5 heteroatoms. The molecule has 0 radical (unpaired) electrons. The normalized spacial score (nSPS) is 20.4. The highest BCUT2D eigenvalue weighted by Gasteiger charge is 2.16. The van der Waals surface area contributed by atoms with Crippen molar-refractivity contribution in [3.05, 3.63) is 0 Å². The largest absolute Gasteiger partial charge is 0.353 e. The van der Waals surface area contributed by atoms with E-state index in [1.54, 1.807) is 0 Å². The minimum absolute atomic E-state index is 0.0837. The van der Waals surface area contributed by atoms with Crippen LogP contribution in [0.1, 0.15) is 77.0 Å². The van der Waals surface area contributed by atoms with Gasteiger partial charge in [-0.25, -0.2) is 4.79 Å². The molecular formula is C17H31N3O2. The first-order chi connectivity index (χ1) is 10.7. The van der Waals surface area contributed by atoms with Crippen molar-refractivity contribution in [3.63, 3.8) is 0 Å². The van der Waals surface area contributed by atoms with E-state index in [4.69, 9.17) is 0 Å². The quantitative estimate of drug-likeness (QED) is 0.660. The van der Waals surface area contributed by atoms with Crippen LogP contribution in [0.4, 0.5) is 4.79 Å². The maximum atomic E-state index is 11.8. The first-order valence-electron chi connectivity index (χ1n) is 9.08. The number of hydrogen-bond acceptors (Lipinski definition) is 2. The van der Waals surface area contributed by atoms with Crippen molar-refractivity contribution in [2.45, 2.75) is 89.1 Å². The molecule has 0 aliphatic heterocycles. The predicted octanol–water partition coefficient (Wildman–Crippen LogP) is 2.85. The van der Waals surface area contributed by atoms with E-state index in [0.29, 0.717) is 31.5 Å². The minimum atomic E-state index is -0.0837. The van der Waals surface area contributed by atoms with Gasteiger partial charge in [-0.05, 0) is 32.1 Å². The van der Waals surface area contributed by atoms with Crippen molar-refractivity contribution in [1.29, 1.82) is 0 Å². The third-order valence-corrected chi connectivity index (χ3v) is 4.78. The molecule has 0 aromatic carbocycles. The highest BCUT2D eigenvalue weighted by atomic mass is 16.2. The molecule has 0 aromatic rings. The number of amides is 3. The molecule has 0 atom stereocenters. The zero-order valence-corrected chi connectivity index (χ0v) is 13.7. The highest BCUT2D eigenvalue weighted by molar-refractivity contribution is 5.76. The zero-order valence-electron chi connectivity index (χ0n) is 13.7. The van der Waals surface area contributed by atoms with Gasteiger partial charge in [0.1, 0.15) is 0 Å². The molecule has 2 fully saturated rings. The number of carbonyl (C=O) groups is 2. The third-order valence-electron chi connectivity index (χ3n) is 4.78. The van der Waals surface area contributed by atoms with E-state index in [1.807, 2.05) is 0 Å². The Morgan fingerprint density at radius 2 is 1.32 bits per heavy atom. The Morgan fingerprint density at radius 1 is 0.773 bits per heavy atom. The maximum Gasteiger partial charge on any atom is 0.315 e. The van der Waals surface area contributed by atoms with Crippen LogP contribution in [0.2, 0.25) is 0 Å². The van der Waals surface area contributed by atoms with Crippen LogP contribution in [-0.4, -0.2) is 30.6 Å². The Hall–Kier alpha value is -1.26. The second-order valence-electron chi connectivity index (χ2n) is 6.74. The SMILES string of the molecule is O=C(CCCNC(=O)NC1CCCCC1)NC1CCCCC1. The fourth-order valence-electron chi connectivity index (χ4n) is 3.48. The molecule has 0 bridgehead atoms. The third kappa shape index (κ3) is 6.67. The molecule has 0 unspecified atom stereocenters. The number of hydrogen-bond donors (Lipinski definition) is 3. The molecular weight excluding hydrogens is 278 g/mol. The first kappa shape index (κ1) is 17.1. The van der Waals surface area contributed by atoms with Gasteiger partial charge in [0.25, 0.3) is 0 Å². The molecule has 2 aliphatic rings. The lowest BCUT2D eigenvalue weighted by atomic mass is 9.95. The van der Waals surface area contributed by atoms with Crippen LogP contribution < -0.4 is 16.0 Å². The zero-order chi connectivity index (χ0) is 15.6. The Labute approximate surface area is 134 Å². The van der Waals surface area contributed by atoms with Gasteiger partial charge >= 0.3 is 6.03 Å². The van der Waals surface area contributed by atoms with E-state index in [-0.39, 0.29) is 11.9 Å². The molecule has 22 heavy (non-hydrogen) atoms. The van der Waals surface area contributed by atoms with Crippen LogP contribution in [0.15, 0.2) is 0 Å². The van der Waals surface area contributed by atoms with Gasteiger partial charge in [0.2, 0.25) is 5.91 Å². The number of urea groups is 1. The second kappa shape index (κ2) is 9.70. The van der Waals surface area contributed by atoms with E-state index in [2.05, 4.69) is 16.0 Å².